The van der Waals surface area contributed by atoms with Crippen LogP contribution in [0.5, 0.6) is 0 Å². The van der Waals surface area contributed by atoms with Gasteiger partial charge in [0.1, 0.15) is 0 Å². The number of nitrogen functional groups attached to an aromatic ring is 1. The molecule has 0 spiro atoms. The fourth-order valence-corrected chi connectivity index (χ4v) is 1.69. The molecule has 0 aromatic heterocycles. The lowest BCUT2D eigenvalue weighted by atomic mass is 10.1. The van der Waals surface area contributed by atoms with Crippen LogP contribution in [0.4, 0.5) is 11.4 Å². The molecule has 0 amide bonds. The van der Waals surface area contributed by atoms with E-state index in [1.54, 1.807) is 26.2 Å². The molecule has 1 aromatic carbocycles. The fraction of sp³-hybridized carbons (Fsp3) is 0.500. The predicted octanol–water partition coefficient (Wildman–Crippen LogP) is 2.14. The van der Waals surface area contributed by atoms with Gasteiger partial charge in [0.05, 0.1) is 18.8 Å². The number of ether oxygens (including phenoxy) is 2. The molecule has 0 bridgehead atoms. The summed E-state index contributed by atoms with van der Waals surface area (Å²) in [5.41, 5.74) is 7.44. The number of anilines is 2. The second kappa shape index (κ2) is 7.63. The van der Waals surface area contributed by atoms with Gasteiger partial charge in [0.15, 0.2) is 0 Å². The summed E-state index contributed by atoms with van der Waals surface area (Å²) in [7, 11) is 1.68. The summed E-state index contributed by atoms with van der Waals surface area (Å²) in [5.74, 6) is -0.0119. The molecule has 5 nitrogen and oxygen atoms in total. The van der Waals surface area contributed by atoms with E-state index in [9.17, 15) is 4.79 Å². The average Bonchev–Trinajstić information content (AvgIpc) is 2.38. The van der Waals surface area contributed by atoms with E-state index in [0.29, 0.717) is 30.4 Å². The summed E-state index contributed by atoms with van der Waals surface area (Å²) >= 11 is 0. The zero-order valence-electron chi connectivity index (χ0n) is 11.7. The highest BCUT2D eigenvalue weighted by atomic mass is 16.5. The Morgan fingerprint density at radius 3 is 2.84 bits per heavy atom. The lowest BCUT2D eigenvalue weighted by Gasteiger charge is -2.14. The quantitative estimate of drug-likeness (QED) is 0.584. The van der Waals surface area contributed by atoms with Crippen molar-refractivity contribution in [2.75, 3.05) is 37.9 Å². The molecule has 0 heterocycles. The topological polar surface area (TPSA) is 73.6 Å². The third-order valence-corrected chi connectivity index (χ3v) is 2.65. The van der Waals surface area contributed by atoms with E-state index in [4.69, 9.17) is 15.2 Å². The molecule has 1 rings (SSSR count). The smallest absolute Gasteiger partial charge is 0.340 e. The maximum atomic E-state index is 11.7. The Labute approximate surface area is 114 Å². The molecule has 0 aliphatic heterocycles. The average molecular weight is 266 g/mol. The first-order chi connectivity index (χ1) is 9.08. The van der Waals surface area contributed by atoms with Crippen LogP contribution in [0.15, 0.2) is 18.2 Å². The molecular formula is C14H22N2O3. The third kappa shape index (κ3) is 4.79. The Morgan fingerprint density at radius 2 is 2.21 bits per heavy atom. The normalized spacial score (nSPS) is 11.9. The van der Waals surface area contributed by atoms with Gasteiger partial charge >= 0.3 is 5.97 Å². The highest BCUT2D eigenvalue weighted by molar-refractivity contribution is 5.96. The first kappa shape index (κ1) is 15.3. The number of carbonyl (C=O) groups excluding carboxylic acids is 1. The number of methoxy groups -OCH3 is 1. The molecule has 0 fully saturated rings. The van der Waals surface area contributed by atoms with E-state index in [1.165, 1.54) is 0 Å². The second-order valence-electron chi connectivity index (χ2n) is 4.46. The monoisotopic (exact) mass is 266 g/mol. The molecular weight excluding hydrogens is 244 g/mol. The van der Waals surface area contributed by atoms with Crippen LogP contribution in [-0.2, 0) is 9.47 Å². The highest BCUT2D eigenvalue weighted by Gasteiger charge is 2.11. The second-order valence-corrected chi connectivity index (χ2v) is 4.46. The van der Waals surface area contributed by atoms with Gasteiger partial charge in [0, 0.05) is 25.0 Å². The third-order valence-electron chi connectivity index (χ3n) is 2.65. The van der Waals surface area contributed by atoms with Crippen molar-refractivity contribution in [3.8, 4) is 0 Å². The van der Waals surface area contributed by atoms with Gasteiger partial charge in [-0.15, -0.1) is 0 Å². The molecule has 0 aliphatic carbocycles. The lowest BCUT2D eigenvalue weighted by Crippen LogP contribution is -2.16. The molecule has 19 heavy (non-hydrogen) atoms. The number of nitrogens with one attached hydrogen (secondary N) is 1. The van der Waals surface area contributed by atoms with E-state index in [-0.39, 0.29) is 0 Å². The molecule has 3 N–H and O–H groups in total. The van der Waals surface area contributed by atoms with Crippen LogP contribution in [0.2, 0.25) is 0 Å². The van der Waals surface area contributed by atoms with E-state index in [1.807, 2.05) is 6.07 Å². The van der Waals surface area contributed by atoms with Crippen molar-refractivity contribution in [2.24, 2.45) is 5.92 Å². The van der Waals surface area contributed by atoms with Crippen LogP contribution in [0.3, 0.4) is 0 Å². The van der Waals surface area contributed by atoms with Crippen LogP contribution in [0.1, 0.15) is 24.2 Å². The Bertz CT molecular complexity index is 421. The zero-order chi connectivity index (χ0) is 14.3. The number of rotatable bonds is 7. The number of carbonyl (C=O) groups is 1. The molecule has 0 saturated carbocycles. The highest BCUT2D eigenvalue weighted by Crippen LogP contribution is 2.19. The van der Waals surface area contributed by atoms with Crippen LogP contribution in [-0.4, -0.2) is 32.8 Å². The lowest BCUT2D eigenvalue weighted by molar-refractivity contribution is 0.0527. The van der Waals surface area contributed by atoms with Crippen molar-refractivity contribution in [1.29, 1.82) is 0 Å². The Balaban J connectivity index is 2.70. The fourth-order valence-electron chi connectivity index (χ4n) is 1.69. The molecule has 0 saturated heterocycles. The molecule has 0 aliphatic rings. The standard InChI is InChI=1S/C14H22N2O3/c1-4-19-14(17)12-7-11(5-6-13(12)15)16-8-10(2)9-18-3/h5-7,10,16H,4,8-9,15H2,1-3H3. The van der Waals surface area contributed by atoms with Crippen molar-refractivity contribution in [3.05, 3.63) is 23.8 Å². The minimum atomic E-state index is -0.395. The SMILES string of the molecule is CCOC(=O)c1cc(NCC(C)COC)ccc1N. The molecule has 1 unspecified atom stereocenters. The predicted molar refractivity (Wildman–Crippen MR) is 76.3 cm³/mol. The van der Waals surface area contributed by atoms with Crippen molar-refractivity contribution in [2.45, 2.75) is 13.8 Å². The summed E-state index contributed by atoms with van der Waals surface area (Å²) in [6.45, 7) is 5.64. The molecule has 1 atom stereocenters. The van der Waals surface area contributed by atoms with Gasteiger partial charge < -0.3 is 20.5 Å². The van der Waals surface area contributed by atoms with Crippen molar-refractivity contribution in [1.82, 2.24) is 0 Å². The molecule has 106 valence electrons. The van der Waals surface area contributed by atoms with Crippen LogP contribution < -0.4 is 11.1 Å². The van der Waals surface area contributed by atoms with Gasteiger partial charge in [-0.2, -0.15) is 0 Å². The Hall–Kier alpha value is -1.75. The van der Waals surface area contributed by atoms with E-state index < -0.39 is 5.97 Å². The zero-order valence-corrected chi connectivity index (χ0v) is 11.7. The maximum Gasteiger partial charge on any atom is 0.340 e. The maximum absolute atomic E-state index is 11.7. The van der Waals surface area contributed by atoms with E-state index in [0.717, 1.165) is 12.2 Å². The summed E-state index contributed by atoms with van der Waals surface area (Å²) in [5, 5.41) is 3.25. The first-order valence-electron chi connectivity index (χ1n) is 6.38. The number of hydrogen-bond donors (Lipinski definition) is 2. The van der Waals surface area contributed by atoms with Crippen LogP contribution in [0.25, 0.3) is 0 Å². The summed E-state index contributed by atoms with van der Waals surface area (Å²) < 4.78 is 10.0. The van der Waals surface area contributed by atoms with Crippen LogP contribution >= 0.6 is 0 Å². The van der Waals surface area contributed by atoms with Crippen molar-refractivity contribution >= 4 is 17.3 Å². The van der Waals surface area contributed by atoms with Gasteiger partial charge in [0.25, 0.3) is 0 Å². The summed E-state index contributed by atoms with van der Waals surface area (Å²) in [4.78, 5) is 11.7. The van der Waals surface area contributed by atoms with Gasteiger partial charge in [-0.3, -0.25) is 0 Å². The van der Waals surface area contributed by atoms with E-state index in [2.05, 4.69) is 12.2 Å². The van der Waals surface area contributed by atoms with Crippen molar-refractivity contribution in [3.63, 3.8) is 0 Å². The summed E-state index contributed by atoms with van der Waals surface area (Å²) in [6.07, 6.45) is 0. The number of hydrogen-bond acceptors (Lipinski definition) is 5. The van der Waals surface area contributed by atoms with Gasteiger partial charge in [-0.25, -0.2) is 4.79 Å². The first-order valence-corrected chi connectivity index (χ1v) is 6.38. The molecule has 5 heteroatoms. The van der Waals surface area contributed by atoms with E-state index >= 15 is 0 Å². The number of benzene rings is 1. The number of esters is 1. The Kier molecular flexibility index (Phi) is 6.15. The summed E-state index contributed by atoms with van der Waals surface area (Å²) in [6, 6.07) is 5.26. The van der Waals surface area contributed by atoms with Crippen LogP contribution in [0, 0.1) is 5.92 Å². The van der Waals surface area contributed by atoms with Gasteiger partial charge in [-0.05, 0) is 31.0 Å². The van der Waals surface area contributed by atoms with Gasteiger partial charge in [0.2, 0.25) is 0 Å². The largest absolute Gasteiger partial charge is 0.462 e. The van der Waals surface area contributed by atoms with Gasteiger partial charge in [-0.1, -0.05) is 6.92 Å². The Morgan fingerprint density at radius 1 is 1.47 bits per heavy atom. The number of nitrogens with two attached hydrogens (primary N) is 1. The minimum absolute atomic E-state index is 0.334. The van der Waals surface area contributed by atoms with Crippen molar-refractivity contribution < 1.29 is 14.3 Å². The molecule has 0 radical (unpaired) electrons. The molecule has 1 aromatic rings. The minimum Gasteiger partial charge on any atom is -0.462 e.